The Kier molecular flexibility index (Phi) is 4.89. The molecule has 0 spiro atoms. The van der Waals surface area contributed by atoms with E-state index in [-0.39, 0.29) is 24.1 Å². The number of hydrogen-bond donors (Lipinski definition) is 2. The van der Waals surface area contributed by atoms with Crippen molar-refractivity contribution in [2.45, 2.75) is 46.2 Å². The van der Waals surface area contributed by atoms with Gasteiger partial charge in [0.05, 0.1) is 12.6 Å². The van der Waals surface area contributed by atoms with Crippen molar-refractivity contribution < 1.29 is 5.11 Å². The number of hydrogen-bond acceptors (Lipinski definition) is 4. The molecular weight excluding hydrogens is 220 g/mol. The maximum absolute atomic E-state index is 9.36. The first-order valence-electron chi connectivity index (χ1n) is 5.68. The van der Waals surface area contributed by atoms with Crippen LogP contribution in [0.4, 0.5) is 0 Å². The van der Waals surface area contributed by atoms with Gasteiger partial charge in [0.15, 0.2) is 0 Å². The molecular formula is C12H22N2OS. The first kappa shape index (κ1) is 13.6. The third-order valence-corrected chi connectivity index (χ3v) is 3.34. The van der Waals surface area contributed by atoms with E-state index in [1.165, 1.54) is 0 Å². The van der Waals surface area contributed by atoms with Gasteiger partial charge in [-0.05, 0) is 18.8 Å². The Bertz CT molecular complexity index is 292. The van der Waals surface area contributed by atoms with Crippen LogP contribution in [0.5, 0.6) is 0 Å². The summed E-state index contributed by atoms with van der Waals surface area (Å²) in [5, 5.41) is 15.8. The Morgan fingerprint density at radius 2 is 2.19 bits per heavy atom. The fraction of sp³-hybridized carbons (Fsp3) is 0.750. The minimum absolute atomic E-state index is 0.138. The summed E-state index contributed by atoms with van der Waals surface area (Å²) in [6, 6.07) is 0.346. The summed E-state index contributed by atoms with van der Waals surface area (Å²) >= 11 is 1.65. The average Bonchev–Trinajstić information content (AvgIpc) is 2.67. The van der Waals surface area contributed by atoms with Crippen LogP contribution in [0.3, 0.4) is 0 Å². The summed E-state index contributed by atoms with van der Waals surface area (Å²) in [6.45, 7) is 8.82. The Hall–Kier alpha value is -0.450. The lowest BCUT2D eigenvalue weighted by Crippen LogP contribution is -2.37. The minimum atomic E-state index is 0.138. The second-order valence-electron chi connectivity index (χ2n) is 5.40. The zero-order valence-electron chi connectivity index (χ0n) is 10.5. The quantitative estimate of drug-likeness (QED) is 0.834. The van der Waals surface area contributed by atoms with Gasteiger partial charge in [0, 0.05) is 17.6 Å². The molecule has 0 saturated heterocycles. The van der Waals surface area contributed by atoms with Crippen LogP contribution >= 0.6 is 11.3 Å². The average molecular weight is 242 g/mol. The molecule has 0 saturated carbocycles. The van der Waals surface area contributed by atoms with E-state index >= 15 is 0 Å². The highest BCUT2D eigenvalue weighted by Crippen LogP contribution is 2.23. The molecule has 0 radical (unpaired) electrons. The number of thiazole rings is 1. The van der Waals surface area contributed by atoms with Crippen molar-refractivity contribution in [1.82, 2.24) is 10.3 Å². The fourth-order valence-electron chi connectivity index (χ4n) is 1.79. The molecule has 1 aromatic heterocycles. The zero-order valence-corrected chi connectivity index (χ0v) is 11.3. The minimum Gasteiger partial charge on any atom is -0.395 e. The van der Waals surface area contributed by atoms with Gasteiger partial charge in [0.2, 0.25) is 0 Å². The molecule has 92 valence electrons. The number of aliphatic hydroxyl groups is 1. The predicted molar refractivity (Wildman–Crippen MR) is 68.6 cm³/mol. The van der Waals surface area contributed by atoms with Crippen molar-refractivity contribution in [2.75, 3.05) is 6.61 Å². The number of nitrogens with zero attached hydrogens (tertiary/aromatic N) is 1. The maximum Gasteiger partial charge on any atom is 0.109 e. The predicted octanol–water partition coefficient (Wildman–Crippen LogP) is 2.59. The monoisotopic (exact) mass is 242 g/mol. The van der Waals surface area contributed by atoms with Crippen molar-refractivity contribution in [1.29, 1.82) is 0 Å². The summed E-state index contributed by atoms with van der Waals surface area (Å²) in [4.78, 5) is 4.27. The maximum atomic E-state index is 9.36. The third kappa shape index (κ3) is 4.60. The van der Waals surface area contributed by atoms with E-state index in [0.29, 0.717) is 0 Å². The Balaban J connectivity index is 2.50. The standard InChI is InChI=1S/C12H22N2OS/c1-9(11-13-5-6-16-11)14-10(8-15)7-12(2,3)4/h5-6,9-10,14-15H,7-8H2,1-4H3. The van der Waals surface area contributed by atoms with Gasteiger partial charge in [-0.25, -0.2) is 4.98 Å². The lowest BCUT2D eigenvalue weighted by atomic mass is 9.88. The molecule has 0 aromatic carbocycles. The van der Waals surface area contributed by atoms with Crippen LogP contribution in [0.25, 0.3) is 0 Å². The van der Waals surface area contributed by atoms with Gasteiger partial charge in [-0.1, -0.05) is 20.8 Å². The molecule has 0 aliphatic carbocycles. The molecule has 0 aliphatic rings. The molecule has 0 aliphatic heterocycles. The lowest BCUT2D eigenvalue weighted by Gasteiger charge is -2.27. The molecule has 0 bridgehead atoms. The summed E-state index contributed by atoms with van der Waals surface area (Å²) in [5.41, 5.74) is 0.225. The summed E-state index contributed by atoms with van der Waals surface area (Å²) < 4.78 is 0. The molecule has 4 heteroatoms. The molecule has 3 nitrogen and oxygen atoms in total. The van der Waals surface area contributed by atoms with Crippen LogP contribution < -0.4 is 5.32 Å². The number of rotatable bonds is 5. The van der Waals surface area contributed by atoms with E-state index in [1.807, 2.05) is 11.6 Å². The fourth-order valence-corrected chi connectivity index (χ4v) is 2.44. The molecule has 2 unspecified atom stereocenters. The van der Waals surface area contributed by atoms with E-state index in [1.54, 1.807) is 11.3 Å². The van der Waals surface area contributed by atoms with Crippen LogP contribution in [0.2, 0.25) is 0 Å². The second-order valence-corrected chi connectivity index (χ2v) is 6.33. The molecule has 0 amide bonds. The highest BCUT2D eigenvalue weighted by molar-refractivity contribution is 7.09. The van der Waals surface area contributed by atoms with Gasteiger partial charge >= 0.3 is 0 Å². The van der Waals surface area contributed by atoms with Gasteiger partial charge in [0.1, 0.15) is 5.01 Å². The zero-order chi connectivity index (χ0) is 12.2. The van der Waals surface area contributed by atoms with Gasteiger partial charge in [-0.2, -0.15) is 0 Å². The highest BCUT2D eigenvalue weighted by atomic mass is 32.1. The molecule has 0 fully saturated rings. The Labute approximate surface area is 102 Å². The van der Waals surface area contributed by atoms with Crippen molar-refractivity contribution in [3.63, 3.8) is 0 Å². The van der Waals surface area contributed by atoms with E-state index in [0.717, 1.165) is 11.4 Å². The van der Waals surface area contributed by atoms with Crippen LogP contribution in [0.1, 0.15) is 45.2 Å². The number of aromatic nitrogens is 1. The summed E-state index contributed by atoms with van der Waals surface area (Å²) in [7, 11) is 0. The van der Waals surface area contributed by atoms with Gasteiger partial charge in [0.25, 0.3) is 0 Å². The van der Waals surface area contributed by atoms with Crippen molar-refractivity contribution in [3.8, 4) is 0 Å². The Morgan fingerprint density at radius 3 is 2.62 bits per heavy atom. The van der Waals surface area contributed by atoms with Gasteiger partial charge < -0.3 is 10.4 Å². The first-order valence-corrected chi connectivity index (χ1v) is 6.56. The Morgan fingerprint density at radius 1 is 1.50 bits per heavy atom. The SMILES string of the molecule is CC(NC(CO)CC(C)(C)C)c1nccs1. The van der Waals surface area contributed by atoms with Crippen molar-refractivity contribution in [2.24, 2.45) is 5.41 Å². The molecule has 1 rings (SSSR count). The molecule has 1 aromatic rings. The molecule has 2 atom stereocenters. The topological polar surface area (TPSA) is 45.1 Å². The highest BCUT2D eigenvalue weighted by Gasteiger charge is 2.20. The normalized spacial score (nSPS) is 16.1. The second kappa shape index (κ2) is 5.75. The molecule has 1 heterocycles. The van der Waals surface area contributed by atoms with Crippen LogP contribution in [-0.2, 0) is 0 Å². The number of nitrogens with one attached hydrogen (secondary N) is 1. The molecule has 16 heavy (non-hydrogen) atoms. The summed E-state index contributed by atoms with van der Waals surface area (Å²) in [5.74, 6) is 0. The smallest absolute Gasteiger partial charge is 0.109 e. The lowest BCUT2D eigenvalue weighted by molar-refractivity contribution is 0.190. The first-order chi connectivity index (χ1) is 7.42. The van der Waals surface area contributed by atoms with Crippen molar-refractivity contribution >= 4 is 11.3 Å². The van der Waals surface area contributed by atoms with Crippen LogP contribution in [-0.4, -0.2) is 22.7 Å². The van der Waals surface area contributed by atoms with Crippen molar-refractivity contribution in [3.05, 3.63) is 16.6 Å². The van der Waals surface area contributed by atoms with E-state index in [2.05, 4.69) is 38.0 Å². The van der Waals surface area contributed by atoms with E-state index < -0.39 is 0 Å². The van der Waals surface area contributed by atoms with E-state index in [4.69, 9.17) is 0 Å². The van der Waals surface area contributed by atoms with Gasteiger partial charge in [-0.3, -0.25) is 0 Å². The largest absolute Gasteiger partial charge is 0.395 e. The van der Waals surface area contributed by atoms with Crippen LogP contribution in [0.15, 0.2) is 11.6 Å². The molecule has 2 N–H and O–H groups in total. The van der Waals surface area contributed by atoms with E-state index in [9.17, 15) is 5.11 Å². The summed E-state index contributed by atoms with van der Waals surface area (Å²) in [6.07, 6.45) is 2.77. The van der Waals surface area contributed by atoms with Crippen LogP contribution in [0, 0.1) is 5.41 Å². The van der Waals surface area contributed by atoms with Gasteiger partial charge in [-0.15, -0.1) is 11.3 Å². The third-order valence-electron chi connectivity index (χ3n) is 2.39. The number of aliphatic hydroxyl groups excluding tert-OH is 1.